The van der Waals surface area contributed by atoms with E-state index >= 15 is 0 Å². The van der Waals surface area contributed by atoms with Crippen molar-refractivity contribution in [3.63, 3.8) is 0 Å². The van der Waals surface area contributed by atoms with Gasteiger partial charge in [0.05, 0.1) is 0 Å². The summed E-state index contributed by atoms with van der Waals surface area (Å²) in [5.74, 6) is 1.12. The van der Waals surface area contributed by atoms with Crippen LogP contribution in [-0.4, -0.2) is 31.9 Å². The van der Waals surface area contributed by atoms with Gasteiger partial charge in [0.25, 0.3) is 0 Å². The van der Waals surface area contributed by atoms with Crippen molar-refractivity contribution in [2.24, 2.45) is 0 Å². The molecule has 0 amide bonds. The summed E-state index contributed by atoms with van der Waals surface area (Å²) >= 11 is 0.416. The topological polar surface area (TPSA) is 17.1 Å². The molecule has 1 heterocycles. The van der Waals surface area contributed by atoms with E-state index in [1.165, 1.54) is 20.1 Å². The fraction of sp³-hybridized carbons (Fsp3) is 0.500. The first-order valence-corrected chi connectivity index (χ1v) is 12.4. The van der Waals surface area contributed by atoms with Gasteiger partial charge in [0.1, 0.15) is 0 Å². The third-order valence-corrected chi connectivity index (χ3v) is 14.1. The van der Waals surface area contributed by atoms with Crippen LogP contribution in [0.5, 0.6) is 0 Å². The molecule has 0 aliphatic carbocycles. The molecule has 0 bridgehead atoms. The van der Waals surface area contributed by atoms with Crippen LogP contribution in [0.3, 0.4) is 0 Å². The van der Waals surface area contributed by atoms with Gasteiger partial charge in [-0.15, -0.1) is 0 Å². The van der Waals surface area contributed by atoms with Gasteiger partial charge in [0.2, 0.25) is 0 Å². The van der Waals surface area contributed by atoms with E-state index in [2.05, 4.69) is 39.8 Å². The normalized spacial score (nSPS) is 16.1. The Hall–Kier alpha value is 0.409. The van der Waals surface area contributed by atoms with Crippen molar-refractivity contribution in [1.29, 1.82) is 0 Å². The van der Waals surface area contributed by atoms with Crippen LogP contribution in [0.4, 0.5) is 0 Å². The molecule has 0 radical (unpaired) electrons. The molecule has 2 rings (SSSR count). The average molecular weight is 366 g/mol. The molecular weight excluding hydrogens is 350 g/mol. The number of hydrogen-bond acceptors (Lipinski definition) is 1. The molecule has 1 aromatic carbocycles. The summed E-state index contributed by atoms with van der Waals surface area (Å²) in [6, 6.07) is 4.53. The van der Waals surface area contributed by atoms with Gasteiger partial charge in [-0.05, 0) is 0 Å². The first-order valence-electron chi connectivity index (χ1n) is 5.46. The van der Waals surface area contributed by atoms with Crippen molar-refractivity contribution in [1.82, 2.24) is 0 Å². The van der Waals surface area contributed by atoms with E-state index in [4.69, 9.17) is 0 Å². The van der Waals surface area contributed by atoms with Crippen molar-refractivity contribution in [3.05, 3.63) is 23.3 Å². The van der Waals surface area contributed by atoms with Crippen LogP contribution in [-0.2, 0) is 7.64 Å². The third-order valence-electron chi connectivity index (χ3n) is 2.72. The zero-order valence-electron chi connectivity index (χ0n) is 9.94. The van der Waals surface area contributed by atoms with Gasteiger partial charge in [-0.25, -0.2) is 0 Å². The zero-order chi connectivity index (χ0) is 11.9. The predicted octanol–water partition coefficient (Wildman–Crippen LogP) is 1.18. The summed E-state index contributed by atoms with van der Waals surface area (Å²) in [5.41, 5.74) is 2.87. The minimum atomic E-state index is -0.548. The summed E-state index contributed by atoms with van der Waals surface area (Å²) in [5, 5.41) is 0. The Bertz CT molecular complexity index is 402. The predicted molar refractivity (Wildman–Crippen MR) is 73.5 cm³/mol. The van der Waals surface area contributed by atoms with Gasteiger partial charge in [-0.3, -0.25) is 0 Å². The van der Waals surface area contributed by atoms with Crippen molar-refractivity contribution >= 4 is 44.2 Å². The number of hydrogen-bond donors (Lipinski definition) is 0. The van der Waals surface area contributed by atoms with Crippen molar-refractivity contribution in [3.8, 4) is 0 Å². The molecule has 1 aliphatic rings. The number of rotatable bonds is 2. The van der Waals surface area contributed by atoms with E-state index in [0.717, 1.165) is 0 Å². The quantitative estimate of drug-likeness (QED) is 0.719. The van der Waals surface area contributed by atoms with Gasteiger partial charge in [0, 0.05) is 0 Å². The van der Waals surface area contributed by atoms with Gasteiger partial charge in [0.15, 0.2) is 0 Å². The molecule has 0 unspecified atom stereocenters. The molecule has 0 aromatic heterocycles. The van der Waals surface area contributed by atoms with Crippen molar-refractivity contribution < 1.29 is 4.21 Å². The molecule has 0 fully saturated rings. The fourth-order valence-electron chi connectivity index (χ4n) is 1.83. The Morgan fingerprint density at radius 3 is 1.62 bits per heavy atom. The van der Waals surface area contributed by atoms with Gasteiger partial charge >= 0.3 is 111 Å². The summed E-state index contributed by atoms with van der Waals surface area (Å²) in [6.45, 7) is 8.92. The van der Waals surface area contributed by atoms with Crippen molar-refractivity contribution in [2.75, 3.05) is 0 Å². The van der Waals surface area contributed by atoms with Gasteiger partial charge in [-0.2, -0.15) is 0 Å². The molecule has 1 aliphatic heterocycles. The third kappa shape index (κ3) is 2.32. The molecule has 0 saturated heterocycles. The average Bonchev–Trinajstić information content (AvgIpc) is 2.56. The van der Waals surface area contributed by atoms with E-state index in [-0.39, 0.29) is 27.7 Å². The second-order valence-electron chi connectivity index (χ2n) is 4.58. The fourth-order valence-corrected chi connectivity index (χ4v) is 16.1. The Kier molecular flexibility index (Phi) is 3.98. The molecule has 1 aromatic rings. The van der Waals surface area contributed by atoms with Crippen molar-refractivity contribution in [2.45, 2.75) is 39.5 Å². The Morgan fingerprint density at radius 2 is 1.31 bits per heavy atom. The number of fused-ring (bicyclic) bond motifs is 1. The molecule has 4 heteroatoms. The summed E-state index contributed by atoms with van der Waals surface area (Å²) in [4.78, 5) is 0. The molecule has 0 spiro atoms. The van der Waals surface area contributed by atoms with Crippen LogP contribution in [0.15, 0.2) is 12.1 Å². The first-order chi connectivity index (χ1) is 7.50. The van der Waals surface area contributed by atoms with Crippen LogP contribution in [0, 0.1) is 0 Å². The molecular formula is C12H16OSSe2. The van der Waals surface area contributed by atoms with E-state index < -0.39 is 7.64 Å². The summed E-state index contributed by atoms with van der Waals surface area (Å²) in [7, 11) is -0.548. The SMILES string of the molecule is CC(C)c1ccc(C(C)C)c2c1[Se]S(=O)[Se]2. The summed E-state index contributed by atoms with van der Waals surface area (Å²) in [6.07, 6.45) is 0. The Labute approximate surface area is 111 Å². The zero-order valence-corrected chi connectivity index (χ0v) is 14.2. The van der Waals surface area contributed by atoms with Crippen LogP contribution in [0.2, 0.25) is 0 Å². The number of benzene rings is 1. The Morgan fingerprint density at radius 1 is 0.938 bits per heavy atom. The van der Waals surface area contributed by atoms with Gasteiger partial charge < -0.3 is 0 Å². The molecule has 0 N–H and O–H groups in total. The maximum atomic E-state index is 11.8. The van der Waals surface area contributed by atoms with E-state index in [9.17, 15) is 4.21 Å². The van der Waals surface area contributed by atoms with E-state index in [1.54, 1.807) is 0 Å². The molecule has 0 atom stereocenters. The van der Waals surface area contributed by atoms with E-state index in [0.29, 0.717) is 11.8 Å². The maximum absolute atomic E-state index is 11.8. The van der Waals surface area contributed by atoms with Crippen LogP contribution < -0.4 is 8.92 Å². The monoisotopic (exact) mass is 368 g/mol. The van der Waals surface area contributed by atoms with Crippen LogP contribution in [0.25, 0.3) is 0 Å². The molecule has 88 valence electrons. The minimum absolute atomic E-state index is 0.208. The Balaban J connectivity index is 2.58. The van der Waals surface area contributed by atoms with Gasteiger partial charge in [-0.1, -0.05) is 0 Å². The second-order valence-corrected chi connectivity index (χ2v) is 16.2. The first kappa shape index (κ1) is 12.9. The molecule has 16 heavy (non-hydrogen) atoms. The standard InChI is InChI=1S/C12H16OSSe2/c1-7(2)9-5-6-10(8(3)4)12-11(9)15-14(13)16-12/h5-8H,1-4H3. The summed E-state index contributed by atoms with van der Waals surface area (Å²) < 4.78 is 14.7. The second kappa shape index (κ2) is 4.96. The van der Waals surface area contributed by atoms with Crippen LogP contribution in [0.1, 0.15) is 50.7 Å². The van der Waals surface area contributed by atoms with E-state index in [1.807, 2.05) is 0 Å². The van der Waals surface area contributed by atoms with Crippen LogP contribution >= 0.6 is 0 Å². The molecule has 1 nitrogen and oxygen atoms in total. The molecule has 0 saturated carbocycles.